The van der Waals surface area contributed by atoms with Crippen LogP contribution in [0.5, 0.6) is 0 Å². The van der Waals surface area contributed by atoms with E-state index in [4.69, 9.17) is 16.0 Å². The lowest BCUT2D eigenvalue weighted by atomic mass is 10.2. The van der Waals surface area contributed by atoms with Gasteiger partial charge in [-0.2, -0.15) is 0 Å². The molecule has 0 radical (unpaired) electrons. The highest BCUT2D eigenvalue weighted by Gasteiger charge is 2.36. The van der Waals surface area contributed by atoms with Crippen LogP contribution in [0.1, 0.15) is 26.3 Å². The van der Waals surface area contributed by atoms with Crippen molar-refractivity contribution in [3.8, 4) is 0 Å². The van der Waals surface area contributed by atoms with Gasteiger partial charge in [-0.05, 0) is 52.1 Å². The van der Waals surface area contributed by atoms with Crippen molar-refractivity contribution in [1.82, 2.24) is 0 Å². The van der Waals surface area contributed by atoms with Crippen LogP contribution in [0.3, 0.4) is 0 Å². The second-order valence-corrected chi connectivity index (χ2v) is 13.5. The van der Waals surface area contributed by atoms with Crippen LogP contribution in [0.2, 0.25) is 22.5 Å². The molecule has 0 aliphatic rings. The molecule has 0 aliphatic carbocycles. The van der Waals surface area contributed by atoms with E-state index >= 15 is 0 Å². The summed E-state index contributed by atoms with van der Waals surface area (Å²) in [5, 5.41) is 0.274. The standard InChI is InChI=1S/C12H20BrClOSSi/c1-12(2,3)17(4,5)15-7-6-9-8-10(14)16-11(9)13/h8H,6-7H2,1-5H3. The Kier molecular flexibility index (Phi) is 5.30. The molecule has 1 nitrogen and oxygen atoms in total. The Labute approximate surface area is 123 Å². The molecule has 0 spiro atoms. The molecular formula is C12H20BrClOSSi. The molecule has 1 rings (SSSR count). The van der Waals surface area contributed by atoms with Crippen LogP contribution in [-0.2, 0) is 10.8 Å². The minimum Gasteiger partial charge on any atom is -0.416 e. The third-order valence-corrected chi connectivity index (χ3v) is 10.00. The van der Waals surface area contributed by atoms with Crippen molar-refractivity contribution in [2.75, 3.05) is 6.61 Å². The van der Waals surface area contributed by atoms with Gasteiger partial charge < -0.3 is 4.43 Å². The lowest BCUT2D eigenvalue weighted by Crippen LogP contribution is -2.41. The van der Waals surface area contributed by atoms with E-state index in [1.807, 2.05) is 6.07 Å². The van der Waals surface area contributed by atoms with Crippen LogP contribution in [-0.4, -0.2) is 14.9 Å². The number of halogens is 2. The Bertz CT molecular complexity index is 384. The summed E-state index contributed by atoms with van der Waals surface area (Å²) in [6.45, 7) is 12.1. The van der Waals surface area contributed by atoms with Crippen molar-refractivity contribution in [2.45, 2.75) is 45.3 Å². The first-order chi connectivity index (χ1) is 7.63. The van der Waals surface area contributed by atoms with Gasteiger partial charge in [0.05, 0.1) is 8.12 Å². The Balaban J connectivity index is 2.51. The average Bonchev–Trinajstić information content (AvgIpc) is 2.43. The maximum Gasteiger partial charge on any atom is 0.191 e. The maximum atomic E-state index is 6.14. The zero-order chi connectivity index (χ0) is 13.3. The molecule has 1 heterocycles. The Morgan fingerprint density at radius 3 is 2.41 bits per heavy atom. The first-order valence-electron chi connectivity index (χ1n) is 5.71. The van der Waals surface area contributed by atoms with Gasteiger partial charge in [0.2, 0.25) is 0 Å². The predicted molar refractivity (Wildman–Crippen MR) is 83.9 cm³/mol. The molecule has 0 aliphatic heterocycles. The normalized spacial score (nSPS) is 13.1. The molecule has 17 heavy (non-hydrogen) atoms. The van der Waals surface area contributed by atoms with E-state index in [1.165, 1.54) is 5.56 Å². The molecule has 0 N–H and O–H groups in total. The Morgan fingerprint density at radius 2 is 2.00 bits per heavy atom. The monoisotopic (exact) mass is 354 g/mol. The summed E-state index contributed by atoms with van der Waals surface area (Å²) >= 11 is 11.1. The molecule has 0 fully saturated rings. The van der Waals surface area contributed by atoms with E-state index in [9.17, 15) is 0 Å². The van der Waals surface area contributed by atoms with Gasteiger partial charge in [-0.1, -0.05) is 32.4 Å². The molecule has 98 valence electrons. The van der Waals surface area contributed by atoms with E-state index in [2.05, 4.69) is 49.8 Å². The fourth-order valence-electron chi connectivity index (χ4n) is 1.18. The van der Waals surface area contributed by atoms with Gasteiger partial charge in [-0.15, -0.1) is 11.3 Å². The van der Waals surface area contributed by atoms with Crippen molar-refractivity contribution < 1.29 is 4.43 Å². The zero-order valence-corrected chi connectivity index (χ0v) is 15.2. The topological polar surface area (TPSA) is 9.23 Å². The first-order valence-corrected chi connectivity index (χ1v) is 10.6. The van der Waals surface area contributed by atoms with Gasteiger partial charge in [0, 0.05) is 6.61 Å². The van der Waals surface area contributed by atoms with Gasteiger partial charge in [0.25, 0.3) is 0 Å². The number of hydrogen-bond acceptors (Lipinski definition) is 2. The molecule has 0 atom stereocenters. The van der Waals surface area contributed by atoms with Gasteiger partial charge >= 0.3 is 0 Å². The summed E-state index contributed by atoms with van der Waals surface area (Å²) in [7, 11) is -1.61. The van der Waals surface area contributed by atoms with E-state index in [0.717, 1.165) is 21.2 Å². The molecule has 5 heteroatoms. The molecule has 0 bridgehead atoms. The maximum absolute atomic E-state index is 6.14. The van der Waals surface area contributed by atoms with Crippen LogP contribution >= 0.6 is 38.9 Å². The second-order valence-electron chi connectivity index (χ2n) is 5.71. The minimum absolute atomic E-state index is 0.274. The van der Waals surface area contributed by atoms with Crippen molar-refractivity contribution in [3.63, 3.8) is 0 Å². The van der Waals surface area contributed by atoms with Crippen LogP contribution in [0.4, 0.5) is 0 Å². The fourth-order valence-corrected chi connectivity index (χ4v) is 4.37. The summed E-state index contributed by atoms with van der Waals surface area (Å²) in [5.74, 6) is 0. The lowest BCUT2D eigenvalue weighted by Gasteiger charge is -2.36. The number of thiophene rings is 1. The van der Waals surface area contributed by atoms with Gasteiger partial charge in [0.15, 0.2) is 8.32 Å². The third-order valence-electron chi connectivity index (χ3n) is 3.37. The van der Waals surface area contributed by atoms with Crippen molar-refractivity contribution >= 4 is 47.2 Å². The summed E-state index contributed by atoms with van der Waals surface area (Å²) in [6.07, 6.45) is 0.927. The van der Waals surface area contributed by atoms with E-state index in [0.29, 0.717) is 0 Å². The van der Waals surface area contributed by atoms with Crippen molar-refractivity contribution in [2.24, 2.45) is 0 Å². The van der Waals surface area contributed by atoms with E-state index in [-0.39, 0.29) is 5.04 Å². The molecule has 0 amide bonds. The van der Waals surface area contributed by atoms with Crippen LogP contribution in [0.15, 0.2) is 9.85 Å². The second kappa shape index (κ2) is 5.74. The molecule has 0 unspecified atom stereocenters. The highest BCUT2D eigenvalue weighted by molar-refractivity contribution is 9.11. The summed E-state index contributed by atoms with van der Waals surface area (Å²) < 4.78 is 8.10. The fraction of sp³-hybridized carbons (Fsp3) is 0.667. The zero-order valence-electron chi connectivity index (χ0n) is 11.1. The van der Waals surface area contributed by atoms with Gasteiger partial charge in [0.1, 0.15) is 0 Å². The molecule has 0 saturated carbocycles. The molecule has 0 aromatic carbocycles. The summed E-state index contributed by atoms with van der Waals surface area (Å²) in [4.78, 5) is 0. The molecule has 1 aromatic heterocycles. The Morgan fingerprint density at radius 1 is 1.41 bits per heavy atom. The van der Waals surface area contributed by atoms with E-state index < -0.39 is 8.32 Å². The van der Waals surface area contributed by atoms with Crippen molar-refractivity contribution in [3.05, 3.63) is 19.8 Å². The van der Waals surface area contributed by atoms with Gasteiger partial charge in [-0.25, -0.2) is 0 Å². The van der Waals surface area contributed by atoms with Crippen LogP contribution < -0.4 is 0 Å². The van der Waals surface area contributed by atoms with Crippen molar-refractivity contribution in [1.29, 1.82) is 0 Å². The van der Waals surface area contributed by atoms with Gasteiger partial charge in [-0.3, -0.25) is 0 Å². The predicted octanol–water partition coefficient (Wildman–Crippen LogP) is 5.73. The first kappa shape index (κ1) is 15.7. The summed E-state index contributed by atoms with van der Waals surface area (Å²) in [6, 6.07) is 2.02. The number of rotatable bonds is 4. The smallest absolute Gasteiger partial charge is 0.191 e. The highest BCUT2D eigenvalue weighted by atomic mass is 79.9. The molecular weight excluding hydrogens is 336 g/mol. The van der Waals surface area contributed by atoms with E-state index in [1.54, 1.807) is 11.3 Å². The van der Waals surface area contributed by atoms with Crippen LogP contribution in [0.25, 0.3) is 0 Å². The minimum atomic E-state index is -1.61. The molecule has 1 aromatic rings. The molecule has 0 saturated heterocycles. The quantitative estimate of drug-likeness (QED) is 0.627. The lowest BCUT2D eigenvalue weighted by molar-refractivity contribution is 0.292. The largest absolute Gasteiger partial charge is 0.416 e. The Hall–Kier alpha value is 0.647. The SMILES string of the molecule is CC(C)(C)[Si](C)(C)OCCc1cc(Cl)sc1Br. The average molecular weight is 356 g/mol. The summed E-state index contributed by atoms with van der Waals surface area (Å²) in [5.41, 5.74) is 1.25. The third kappa shape index (κ3) is 4.35. The van der Waals surface area contributed by atoms with Crippen LogP contribution in [0, 0.1) is 0 Å². The number of hydrogen-bond donors (Lipinski definition) is 0. The highest BCUT2D eigenvalue weighted by Crippen LogP contribution is 2.37.